The third-order valence-corrected chi connectivity index (χ3v) is 6.28. The fraction of sp³-hybridized carbons (Fsp3) is 0.444. The van der Waals surface area contributed by atoms with Crippen molar-refractivity contribution in [2.45, 2.75) is 31.1 Å². The number of aromatic nitrogens is 4. The number of piperazine rings is 1. The summed E-state index contributed by atoms with van der Waals surface area (Å²) in [5, 5.41) is 10.9. The first-order valence-electron chi connectivity index (χ1n) is 9.45. The van der Waals surface area contributed by atoms with Gasteiger partial charge in [0, 0.05) is 43.8 Å². The Morgan fingerprint density at radius 2 is 2.03 bits per heavy atom. The minimum atomic E-state index is -4.67. The lowest BCUT2D eigenvalue weighted by Gasteiger charge is -2.33. The molecule has 8 nitrogen and oxygen atoms in total. The maximum Gasteiger partial charge on any atom is 0.437 e. The zero-order valence-corrected chi connectivity index (χ0v) is 16.7. The summed E-state index contributed by atoms with van der Waals surface area (Å²) in [6.07, 6.45) is 0.386. The third kappa shape index (κ3) is 3.39. The molecular weight excluding hydrogens is 419 g/mol. The number of hydrogen-bond acceptors (Lipinski definition) is 7. The lowest BCUT2D eigenvalue weighted by molar-refractivity contribution is -0.140. The predicted molar refractivity (Wildman–Crippen MR) is 106 cm³/mol. The monoisotopic (exact) mass is 437 g/mol. The molecule has 2 fully saturated rings. The summed E-state index contributed by atoms with van der Waals surface area (Å²) in [5.74, 6) is -0.00251. The maximum absolute atomic E-state index is 13.2. The first-order valence-corrected chi connectivity index (χ1v) is 10.3. The van der Waals surface area contributed by atoms with E-state index in [0.717, 1.165) is 36.8 Å². The van der Waals surface area contributed by atoms with E-state index in [2.05, 4.69) is 30.6 Å². The summed E-state index contributed by atoms with van der Waals surface area (Å²) in [5.41, 5.74) is -0.948. The van der Waals surface area contributed by atoms with E-state index in [-0.39, 0.29) is 5.56 Å². The van der Waals surface area contributed by atoms with Crippen LogP contribution in [0.25, 0.3) is 10.3 Å². The van der Waals surface area contributed by atoms with Gasteiger partial charge in [0.15, 0.2) is 5.69 Å². The Morgan fingerprint density at radius 3 is 2.73 bits per heavy atom. The number of rotatable bonds is 3. The third-order valence-electron chi connectivity index (χ3n) is 5.40. The Balaban J connectivity index is 1.44. The van der Waals surface area contributed by atoms with Crippen molar-refractivity contribution in [3.8, 4) is 0 Å². The largest absolute Gasteiger partial charge is 0.437 e. The summed E-state index contributed by atoms with van der Waals surface area (Å²) < 4.78 is 40.5. The Labute approximate surface area is 173 Å². The topological polar surface area (TPSA) is 88.0 Å². The fourth-order valence-corrected chi connectivity index (χ4v) is 4.91. The molecule has 5 heterocycles. The van der Waals surface area contributed by atoms with Crippen molar-refractivity contribution in [1.29, 1.82) is 0 Å². The molecule has 0 aromatic carbocycles. The number of carbonyl (C=O) groups is 1. The van der Waals surface area contributed by atoms with Gasteiger partial charge in [0.2, 0.25) is 0 Å². The van der Waals surface area contributed by atoms with E-state index in [4.69, 9.17) is 0 Å². The number of nitrogens with zero attached hydrogens (tertiary/aromatic N) is 5. The molecule has 3 aromatic heterocycles. The number of anilines is 2. The summed E-state index contributed by atoms with van der Waals surface area (Å²) >= 11 is 1.23. The molecule has 0 radical (unpaired) electrons. The van der Waals surface area contributed by atoms with Gasteiger partial charge < -0.3 is 15.5 Å². The molecule has 2 aliphatic rings. The number of aryl methyl sites for hydroxylation is 1. The van der Waals surface area contributed by atoms with Crippen LogP contribution in [0.3, 0.4) is 0 Å². The molecule has 2 saturated heterocycles. The van der Waals surface area contributed by atoms with Crippen LogP contribution in [0.15, 0.2) is 17.8 Å². The number of nitrogens with one attached hydrogen (secondary N) is 2. The number of halogens is 3. The lowest BCUT2D eigenvalue weighted by atomic mass is 10.2. The second kappa shape index (κ2) is 6.91. The highest BCUT2D eigenvalue weighted by atomic mass is 32.1. The predicted octanol–water partition coefficient (Wildman–Crippen LogP) is 2.64. The average Bonchev–Trinajstić information content (AvgIpc) is 3.37. The van der Waals surface area contributed by atoms with Gasteiger partial charge >= 0.3 is 6.18 Å². The molecular formula is C18H18F3N7OS. The van der Waals surface area contributed by atoms with Crippen molar-refractivity contribution in [1.82, 2.24) is 25.1 Å². The minimum absolute atomic E-state index is 0.194. The van der Waals surface area contributed by atoms with Gasteiger partial charge in [0.1, 0.15) is 16.2 Å². The van der Waals surface area contributed by atoms with E-state index in [1.807, 2.05) is 0 Å². The van der Waals surface area contributed by atoms with Gasteiger partial charge in [-0.1, -0.05) is 0 Å². The maximum atomic E-state index is 13.2. The summed E-state index contributed by atoms with van der Waals surface area (Å²) in [6.45, 7) is 1.62. The van der Waals surface area contributed by atoms with Gasteiger partial charge in [-0.2, -0.15) is 18.3 Å². The summed E-state index contributed by atoms with van der Waals surface area (Å²) in [6, 6.07) is 0.829. The van der Waals surface area contributed by atoms with Gasteiger partial charge in [-0.15, -0.1) is 11.3 Å². The Bertz CT molecular complexity index is 1110. The number of alkyl halides is 3. The van der Waals surface area contributed by atoms with Crippen molar-refractivity contribution < 1.29 is 18.0 Å². The van der Waals surface area contributed by atoms with Crippen LogP contribution in [0.2, 0.25) is 0 Å². The van der Waals surface area contributed by atoms with Gasteiger partial charge in [-0.3, -0.25) is 9.48 Å². The molecule has 2 atom stereocenters. The smallest absolute Gasteiger partial charge is 0.352 e. The van der Waals surface area contributed by atoms with E-state index in [1.54, 1.807) is 11.6 Å². The molecule has 0 spiro atoms. The zero-order valence-electron chi connectivity index (χ0n) is 15.9. The number of hydrogen-bond donors (Lipinski definition) is 2. The van der Waals surface area contributed by atoms with Crippen LogP contribution < -0.4 is 15.5 Å². The molecule has 158 valence electrons. The second-order valence-corrected chi connectivity index (χ2v) is 8.45. The zero-order chi connectivity index (χ0) is 21.0. The number of carbonyl (C=O) groups excluding carboxylic acids is 1. The molecule has 2 aliphatic heterocycles. The van der Waals surface area contributed by atoms with Crippen molar-refractivity contribution in [2.24, 2.45) is 7.05 Å². The molecule has 5 rings (SSSR count). The van der Waals surface area contributed by atoms with Crippen LogP contribution in [0, 0.1) is 0 Å². The van der Waals surface area contributed by atoms with Crippen LogP contribution in [0.4, 0.5) is 24.7 Å². The van der Waals surface area contributed by atoms with Gasteiger partial charge in [0.05, 0.1) is 17.4 Å². The van der Waals surface area contributed by atoms with Crippen molar-refractivity contribution >= 4 is 39.1 Å². The molecule has 2 bridgehead atoms. The average molecular weight is 437 g/mol. The fourth-order valence-electron chi connectivity index (χ4n) is 4.08. The molecule has 2 unspecified atom stereocenters. The highest BCUT2D eigenvalue weighted by Gasteiger charge is 2.38. The minimum Gasteiger partial charge on any atom is -0.352 e. The molecule has 30 heavy (non-hydrogen) atoms. The number of amides is 1. The molecule has 0 aliphatic carbocycles. The standard InChI is InChI=1S/C18H18F3N7OS/c1-27-7-12(15(26-27)18(19,20)21)24-16(29)11-8-30-17-14(11)25-13(4-22-17)28-5-9-2-3-10(6-28)23-9/h4,7-10,23H,2-3,5-6H2,1H3,(H,24,29). The van der Waals surface area contributed by atoms with Crippen molar-refractivity contribution in [3.63, 3.8) is 0 Å². The van der Waals surface area contributed by atoms with E-state index >= 15 is 0 Å². The highest BCUT2D eigenvalue weighted by Crippen LogP contribution is 2.34. The van der Waals surface area contributed by atoms with Crippen molar-refractivity contribution in [2.75, 3.05) is 23.3 Å². The Kier molecular flexibility index (Phi) is 4.43. The van der Waals surface area contributed by atoms with Crippen LogP contribution in [0.5, 0.6) is 0 Å². The van der Waals surface area contributed by atoms with Crippen LogP contribution in [-0.4, -0.2) is 50.8 Å². The number of thiophene rings is 1. The number of fused-ring (bicyclic) bond motifs is 3. The van der Waals surface area contributed by atoms with E-state index in [0.29, 0.717) is 28.2 Å². The summed E-state index contributed by atoms with van der Waals surface area (Å²) in [7, 11) is 1.36. The van der Waals surface area contributed by atoms with E-state index in [1.165, 1.54) is 18.4 Å². The van der Waals surface area contributed by atoms with Gasteiger partial charge in [-0.05, 0) is 12.8 Å². The van der Waals surface area contributed by atoms with Crippen molar-refractivity contribution in [3.05, 3.63) is 29.0 Å². The molecule has 2 N–H and O–H groups in total. The van der Waals surface area contributed by atoms with Crippen LogP contribution in [-0.2, 0) is 13.2 Å². The SMILES string of the molecule is Cn1cc(NC(=O)c2csc3ncc(N4CC5CCC(C4)N5)nc23)c(C(F)(F)F)n1. The molecule has 12 heteroatoms. The first kappa shape index (κ1) is 19.2. The van der Waals surface area contributed by atoms with Gasteiger partial charge in [-0.25, -0.2) is 9.97 Å². The lowest BCUT2D eigenvalue weighted by Crippen LogP contribution is -2.51. The Morgan fingerprint density at radius 1 is 1.30 bits per heavy atom. The van der Waals surface area contributed by atoms with E-state index < -0.39 is 23.5 Å². The molecule has 3 aromatic rings. The van der Waals surface area contributed by atoms with Crippen LogP contribution >= 0.6 is 11.3 Å². The normalized spacial score (nSPS) is 21.4. The van der Waals surface area contributed by atoms with Gasteiger partial charge in [0.25, 0.3) is 5.91 Å². The van der Waals surface area contributed by atoms with E-state index in [9.17, 15) is 18.0 Å². The van der Waals surface area contributed by atoms with Crippen LogP contribution in [0.1, 0.15) is 28.9 Å². The Hall–Kier alpha value is -2.73. The second-order valence-electron chi connectivity index (χ2n) is 7.59. The highest BCUT2D eigenvalue weighted by molar-refractivity contribution is 7.17. The first-order chi connectivity index (χ1) is 14.3. The molecule has 0 saturated carbocycles. The summed E-state index contributed by atoms with van der Waals surface area (Å²) in [4.78, 5) is 24.5. The quantitative estimate of drug-likeness (QED) is 0.655. The molecule has 1 amide bonds.